The fourth-order valence-electron chi connectivity index (χ4n) is 3.10. The van der Waals surface area contributed by atoms with Gasteiger partial charge in [-0.2, -0.15) is 0 Å². The molecule has 4 atom stereocenters. The number of hydrogen-bond acceptors (Lipinski definition) is 4. The summed E-state index contributed by atoms with van der Waals surface area (Å²) in [7, 11) is -3.03. The van der Waals surface area contributed by atoms with Crippen LogP contribution in [0.15, 0.2) is 0 Å². The highest BCUT2D eigenvalue weighted by molar-refractivity contribution is 7.91. The molecule has 17 heavy (non-hydrogen) atoms. The Morgan fingerprint density at radius 3 is 2.65 bits per heavy atom. The molecule has 2 fully saturated rings. The van der Waals surface area contributed by atoms with Gasteiger partial charge in [0.2, 0.25) is 0 Å². The Hall–Kier alpha value is -0.130. The molecule has 4 unspecified atom stereocenters. The van der Waals surface area contributed by atoms with Gasteiger partial charge in [-0.05, 0) is 18.8 Å². The van der Waals surface area contributed by atoms with Gasteiger partial charge < -0.3 is 10.4 Å². The van der Waals surface area contributed by atoms with E-state index in [1.54, 1.807) is 0 Å². The third-order valence-corrected chi connectivity index (χ3v) is 5.85. The van der Waals surface area contributed by atoms with Crippen LogP contribution in [0.25, 0.3) is 0 Å². The Balaban J connectivity index is 1.89. The van der Waals surface area contributed by atoms with Crippen molar-refractivity contribution in [3.8, 4) is 0 Å². The molecule has 0 aromatic heterocycles. The number of rotatable bonds is 3. The Morgan fingerprint density at radius 1 is 1.29 bits per heavy atom. The monoisotopic (exact) mass is 261 g/mol. The van der Waals surface area contributed by atoms with Gasteiger partial charge in [0.05, 0.1) is 17.6 Å². The summed E-state index contributed by atoms with van der Waals surface area (Å²) in [6, 6.07) is 0.141. The summed E-state index contributed by atoms with van der Waals surface area (Å²) in [6.45, 7) is 2.21. The molecule has 1 saturated carbocycles. The molecule has 0 aromatic rings. The van der Waals surface area contributed by atoms with Crippen molar-refractivity contribution in [2.24, 2.45) is 5.92 Å². The molecule has 2 N–H and O–H groups in total. The molecular formula is C12H23NO3S. The van der Waals surface area contributed by atoms with Crippen LogP contribution in [0.3, 0.4) is 0 Å². The van der Waals surface area contributed by atoms with Crippen molar-refractivity contribution in [1.29, 1.82) is 0 Å². The van der Waals surface area contributed by atoms with Crippen molar-refractivity contribution in [3.63, 3.8) is 0 Å². The molecule has 1 aliphatic heterocycles. The molecule has 0 aromatic carbocycles. The van der Waals surface area contributed by atoms with Crippen molar-refractivity contribution in [2.75, 3.05) is 11.5 Å². The zero-order chi connectivity index (χ0) is 12.5. The summed E-state index contributed by atoms with van der Waals surface area (Å²) >= 11 is 0. The average Bonchev–Trinajstić information content (AvgIpc) is 2.52. The molecule has 0 bridgehead atoms. The van der Waals surface area contributed by atoms with Crippen LogP contribution in [-0.4, -0.2) is 43.2 Å². The van der Waals surface area contributed by atoms with E-state index in [4.69, 9.17) is 0 Å². The van der Waals surface area contributed by atoms with E-state index in [1.165, 1.54) is 19.3 Å². The van der Waals surface area contributed by atoms with Gasteiger partial charge in [-0.25, -0.2) is 8.42 Å². The van der Waals surface area contributed by atoms with E-state index in [0.717, 1.165) is 18.8 Å². The highest BCUT2D eigenvalue weighted by atomic mass is 32.2. The molecule has 1 saturated heterocycles. The van der Waals surface area contributed by atoms with Crippen LogP contribution in [0.5, 0.6) is 0 Å². The van der Waals surface area contributed by atoms with Crippen LogP contribution in [0.4, 0.5) is 0 Å². The van der Waals surface area contributed by atoms with E-state index in [2.05, 4.69) is 12.2 Å². The van der Waals surface area contributed by atoms with Gasteiger partial charge in [0.1, 0.15) is 0 Å². The lowest BCUT2D eigenvalue weighted by molar-refractivity contribution is 0.147. The number of sulfone groups is 1. The molecule has 0 radical (unpaired) electrons. The van der Waals surface area contributed by atoms with Gasteiger partial charge in [0.15, 0.2) is 9.84 Å². The Morgan fingerprint density at radius 2 is 2.06 bits per heavy atom. The fraction of sp³-hybridized carbons (Fsp3) is 1.00. The fourth-order valence-corrected chi connectivity index (χ4v) is 4.86. The second kappa shape index (κ2) is 5.24. The Kier molecular flexibility index (Phi) is 4.10. The maximum Gasteiger partial charge on any atom is 0.154 e. The van der Waals surface area contributed by atoms with E-state index in [-0.39, 0.29) is 17.5 Å². The van der Waals surface area contributed by atoms with Gasteiger partial charge in [-0.15, -0.1) is 0 Å². The largest absolute Gasteiger partial charge is 0.390 e. The van der Waals surface area contributed by atoms with Gasteiger partial charge in [0, 0.05) is 12.1 Å². The van der Waals surface area contributed by atoms with Gasteiger partial charge >= 0.3 is 0 Å². The SMILES string of the molecule is CCC1CCCC(NC2CS(=O)(=O)CC2O)C1. The van der Waals surface area contributed by atoms with Crippen molar-refractivity contribution < 1.29 is 13.5 Å². The van der Waals surface area contributed by atoms with Crippen LogP contribution in [0.1, 0.15) is 39.0 Å². The van der Waals surface area contributed by atoms with E-state index >= 15 is 0 Å². The first-order valence-electron chi connectivity index (χ1n) is 6.64. The van der Waals surface area contributed by atoms with Crippen LogP contribution in [0, 0.1) is 5.92 Å². The van der Waals surface area contributed by atoms with E-state index in [1.807, 2.05) is 0 Å². The van der Waals surface area contributed by atoms with Gasteiger partial charge in [-0.1, -0.05) is 26.2 Å². The first-order valence-corrected chi connectivity index (χ1v) is 8.47. The molecule has 0 amide bonds. The zero-order valence-electron chi connectivity index (χ0n) is 10.4. The summed E-state index contributed by atoms with van der Waals surface area (Å²) in [5.74, 6) is 0.784. The summed E-state index contributed by atoms with van der Waals surface area (Å²) < 4.78 is 22.8. The zero-order valence-corrected chi connectivity index (χ0v) is 11.2. The minimum Gasteiger partial charge on any atom is -0.390 e. The molecule has 100 valence electrons. The van der Waals surface area contributed by atoms with E-state index < -0.39 is 15.9 Å². The van der Waals surface area contributed by atoms with E-state index in [0.29, 0.717) is 6.04 Å². The first kappa shape index (κ1) is 13.3. The Bertz CT molecular complexity index is 355. The predicted molar refractivity (Wildman–Crippen MR) is 67.6 cm³/mol. The minimum absolute atomic E-state index is 0.0748. The summed E-state index contributed by atoms with van der Waals surface area (Å²) in [4.78, 5) is 0. The maximum absolute atomic E-state index is 11.4. The first-order chi connectivity index (χ1) is 8.00. The molecule has 5 heteroatoms. The van der Waals surface area contributed by atoms with Crippen molar-refractivity contribution in [3.05, 3.63) is 0 Å². The van der Waals surface area contributed by atoms with Gasteiger partial charge in [-0.3, -0.25) is 0 Å². The second-order valence-corrected chi connectivity index (χ2v) is 7.71. The second-order valence-electron chi connectivity index (χ2n) is 5.56. The predicted octanol–water partition coefficient (Wildman–Crippen LogP) is 0.703. The third kappa shape index (κ3) is 3.42. The number of aliphatic hydroxyl groups excluding tert-OH is 1. The third-order valence-electron chi connectivity index (χ3n) is 4.13. The quantitative estimate of drug-likeness (QED) is 0.785. The average molecular weight is 261 g/mol. The number of hydrogen-bond donors (Lipinski definition) is 2. The summed E-state index contributed by atoms with van der Waals surface area (Å²) in [5, 5.41) is 13.1. The lowest BCUT2D eigenvalue weighted by atomic mass is 9.84. The minimum atomic E-state index is -3.03. The Labute approximate surface area is 104 Å². The number of aliphatic hydroxyl groups is 1. The van der Waals surface area contributed by atoms with Crippen molar-refractivity contribution in [1.82, 2.24) is 5.32 Å². The topological polar surface area (TPSA) is 66.4 Å². The standard InChI is InChI=1S/C12H23NO3S/c1-2-9-4-3-5-10(6-9)13-11-7-17(15,16)8-12(11)14/h9-14H,2-8H2,1H3. The van der Waals surface area contributed by atoms with Crippen LogP contribution in [0.2, 0.25) is 0 Å². The normalized spacial score (nSPS) is 41.5. The summed E-state index contributed by atoms with van der Waals surface area (Å²) in [6.07, 6.45) is 5.22. The van der Waals surface area contributed by atoms with Crippen molar-refractivity contribution >= 4 is 9.84 Å². The van der Waals surface area contributed by atoms with Crippen LogP contribution in [-0.2, 0) is 9.84 Å². The summed E-state index contributed by atoms with van der Waals surface area (Å²) in [5.41, 5.74) is 0. The van der Waals surface area contributed by atoms with Gasteiger partial charge in [0.25, 0.3) is 0 Å². The highest BCUT2D eigenvalue weighted by Crippen LogP contribution is 2.27. The molecule has 2 rings (SSSR count). The molecule has 4 nitrogen and oxygen atoms in total. The lowest BCUT2D eigenvalue weighted by Crippen LogP contribution is -2.46. The maximum atomic E-state index is 11.4. The molecule has 2 aliphatic rings. The lowest BCUT2D eigenvalue weighted by Gasteiger charge is -2.31. The van der Waals surface area contributed by atoms with Crippen LogP contribution < -0.4 is 5.32 Å². The molecular weight excluding hydrogens is 238 g/mol. The smallest absolute Gasteiger partial charge is 0.154 e. The molecule has 0 spiro atoms. The van der Waals surface area contributed by atoms with Crippen LogP contribution >= 0.6 is 0 Å². The molecule has 1 aliphatic carbocycles. The highest BCUT2D eigenvalue weighted by Gasteiger charge is 2.37. The van der Waals surface area contributed by atoms with Crippen molar-refractivity contribution in [2.45, 2.75) is 57.2 Å². The number of nitrogens with one attached hydrogen (secondary N) is 1. The van der Waals surface area contributed by atoms with E-state index in [9.17, 15) is 13.5 Å². The molecule has 1 heterocycles.